The van der Waals surface area contributed by atoms with Crippen LogP contribution < -0.4 is 4.72 Å². The summed E-state index contributed by atoms with van der Waals surface area (Å²) in [5.74, 6) is 0. The van der Waals surface area contributed by atoms with E-state index in [0.717, 1.165) is 0 Å². The molecule has 4 heteroatoms. The second-order valence-corrected chi connectivity index (χ2v) is 3.60. The van der Waals surface area contributed by atoms with Crippen molar-refractivity contribution in [3.05, 3.63) is 30.3 Å². The minimum absolute atomic E-state index is 0.0591. The van der Waals surface area contributed by atoms with Crippen molar-refractivity contribution in [2.24, 2.45) is 0 Å². The van der Waals surface area contributed by atoms with Crippen LogP contribution in [0, 0.1) is 0 Å². The number of rotatable bonds is 2. The molecule has 1 aromatic rings. The lowest BCUT2D eigenvalue weighted by Gasteiger charge is -1.99. The largest absolute Gasteiger partial charge is 0.240 e. The van der Waals surface area contributed by atoms with Crippen molar-refractivity contribution in [1.29, 1.82) is 0 Å². The third-order valence-corrected chi connectivity index (χ3v) is 2.35. The first-order valence-corrected chi connectivity index (χ1v) is 4.39. The summed E-state index contributed by atoms with van der Waals surface area (Å²) in [5.41, 5.74) is 0. The Balaban J connectivity index is 2.99. The summed E-state index contributed by atoms with van der Waals surface area (Å²) in [4.78, 5) is -0.0591. The van der Waals surface area contributed by atoms with Gasteiger partial charge in [0.25, 0.3) is 0 Å². The molecule has 1 rings (SSSR count). The number of nitrogens with one attached hydrogen (secondary N) is 1. The average molecular weight is 174 g/mol. The molecule has 0 aromatic heterocycles. The first kappa shape index (κ1) is 4.90. The van der Waals surface area contributed by atoms with Crippen molar-refractivity contribution in [3.8, 4) is 0 Å². The highest BCUT2D eigenvalue weighted by molar-refractivity contribution is 7.89. The number of benzene rings is 1. The molecule has 1 N–H and O–H groups in total. The summed E-state index contributed by atoms with van der Waals surface area (Å²) in [6.07, 6.45) is 0. The highest BCUT2D eigenvalue weighted by Crippen LogP contribution is 2.05. The fourth-order valence-corrected chi connectivity index (χ4v) is 1.29. The molecule has 0 bridgehead atoms. The smallest absolute Gasteiger partial charge is 0.214 e. The zero-order valence-electron chi connectivity index (χ0n) is 8.61. The lowest BCUT2D eigenvalue weighted by atomic mass is 10.4. The van der Waals surface area contributed by atoms with Gasteiger partial charge in [0, 0.05) is 4.11 Å². The fourth-order valence-electron chi connectivity index (χ4n) is 0.659. The van der Waals surface area contributed by atoms with E-state index in [2.05, 4.69) is 0 Å². The molecule has 0 aliphatic carbocycles. The second-order valence-electron chi connectivity index (χ2n) is 1.92. The van der Waals surface area contributed by atoms with Gasteiger partial charge in [0.1, 0.15) is 0 Å². The minimum atomic E-state index is -3.93. The van der Waals surface area contributed by atoms with E-state index in [1.54, 1.807) is 10.8 Å². The Bertz CT molecular complexity index is 399. The lowest BCUT2D eigenvalue weighted by Crippen LogP contribution is -2.18. The molecule has 0 fully saturated rings. The molecule has 0 atom stereocenters. The monoisotopic (exact) mass is 174 g/mol. The van der Waals surface area contributed by atoms with Gasteiger partial charge in [-0.3, -0.25) is 0 Å². The van der Waals surface area contributed by atoms with E-state index in [-0.39, 0.29) is 4.90 Å². The standard InChI is InChI=1S/C7H9NO2S/c1-8-11(9,10)7-5-3-2-4-6-7/h2-6,8H,1H3/i1D3. The molecular formula is C7H9NO2S. The Morgan fingerprint density at radius 1 is 1.36 bits per heavy atom. The van der Waals surface area contributed by atoms with Crippen molar-refractivity contribution in [1.82, 2.24) is 4.72 Å². The van der Waals surface area contributed by atoms with Crippen molar-refractivity contribution >= 4 is 10.0 Å². The second kappa shape index (κ2) is 3.02. The number of hydrogen-bond donors (Lipinski definition) is 1. The van der Waals surface area contributed by atoms with Gasteiger partial charge >= 0.3 is 0 Å². The van der Waals surface area contributed by atoms with Crippen LogP contribution >= 0.6 is 0 Å². The Kier molecular flexibility index (Phi) is 1.35. The first-order chi connectivity index (χ1) is 6.31. The average Bonchev–Trinajstić information content (AvgIpc) is 2.01. The normalized spacial score (nSPS) is 16.5. The molecule has 0 spiro atoms. The van der Waals surface area contributed by atoms with Crippen molar-refractivity contribution in [2.75, 3.05) is 6.98 Å². The molecule has 1 aromatic carbocycles. The summed E-state index contributed by atoms with van der Waals surface area (Å²) in [6.45, 7) is -2.70. The highest BCUT2D eigenvalue weighted by Gasteiger charge is 2.08. The molecule has 0 amide bonds. The van der Waals surface area contributed by atoms with Crippen molar-refractivity contribution < 1.29 is 12.5 Å². The van der Waals surface area contributed by atoms with Crippen LogP contribution in [0.2, 0.25) is 0 Å². The summed E-state index contributed by atoms with van der Waals surface area (Å²) in [6, 6.07) is 7.35. The summed E-state index contributed by atoms with van der Waals surface area (Å²) in [7, 11) is -3.93. The topological polar surface area (TPSA) is 46.2 Å². The molecular weight excluding hydrogens is 162 g/mol. The van der Waals surface area contributed by atoms with Gasteiger partial charge in [0.2, 0.25) is 10.0 Å². The zero-order chi connectivity index (χ0) is 10.8. The van der Waals surface area contributed by atoms with Gasteiger partial charge in [-0.2, -0.15) is 0 Å². The first-order valence-electron chi connectivity index (χ1n) is 4.40. The van der Waals surface area contributed by atoms with E-state index in [1.165, 1.54) is 24.3 Å². The van der Waals surface area contributed by atoms with E-state index >= 15 is 0 Å². The molecule has 0 saturated heterocycles. The molecule has 0 unspecified atom stereocenters. The van der Waals surface area contributed by atoms with Crippen LogP contribution in [0.5, 0.6) is 0 Å². The minimum Gasteiger partial charge on any atom is -0.214 e. The zero-order valence-corrected chi connectivity index (χ0v) is 6.43. The van der Waals surface area contributed by atoms with Crippen LogP contribution in [0.4, 0.5) is 0 Å². The van der Waals surface area contributed by atoms with Crippen LogP contribution in [0.1, 0.15) is 4.11 Å². The Labute approximate surface area is 70.3 Å². The Morgan fingerprint density at radius 3 is 2.55 bits per heavy atom. The molecule has 0 saturated carbocycles. The highest BCUT2D eigenvalue weighted by atomic mass is 32.2. The van der Waals surface area contributed by atoms with Gasteiger partial charge in [-0.05, 0) is 19.1 Å². The van der Waals surface area contributed by atoms with E-state index in [0.29, 0.717) is 0 Å². The van der Waals surface area contributed by atoms with Gasteiger partial charge in [-0.25, -0.2) is 13.1 Å². The van der Waals surface area contributed by atoms with E-state index in [9.17, 15) is 8.42 Å². The summed E-state index contributed by atoms with van der Waals surface area (Å²) in [5, 5.41) is 0. The Hall–Kier alpha value is -0.870. The van der Waals surface area contributed by atoms with Gasteiger partial charge in [-0.15, -0.1) is 0 Å². The van der Waals surface area contributed by atoms with Gasteiger partial charge < -0.3 is 0 Å². The summed E-state index contributed by atoms with van der Waals surface area (Å²) >= 11 is 0. The molecule has 11 heavy (non-hydrogen) atoms. The van der Waals surface area contributed by atoms with E-state index in [1.807, 2.05) is 0 Å². The lowest BCUT2D eigenvalue weighted by molar-refractivity contribution is 0.588. The van der Waals surface area contributed by atoms with Crippen LogP contribution in [0.25, 0.3) is 0 Å². The van der Waals surface area contributed by atoms with E-state index < -0.39 is 17.0 Å². The third kappa shape index (κ3) is 1.78. The quantitative estimate of drug-likeness (QED) is 0.713. The van der Waals surface area contributed by atoms with Gasteiger partial charge in [0.15, 0.2) is 0 Å². The van der Waals surface area contributed by atoms with Crippen LogP contribution in [0.3, 0.4) is 0 Å². The SMILES string of the molecule is [2H]C([2H])([2H])NS(=O)(=O)c1ccccc1. The maximum Gasteiger partial charge on any atom is 0.240 e. The fraction of sp³-hybridized carbons (Fsp3) is 0.143. The van der Waals surface area contributed by atoms with Crippen molar-refractivity contribution in [3.63, 3.8) is 0 Å². The van der Waals surface area contributed by atoms with Gasteiger partial charge in [0.05, 0.1) is 4.90 Å². The Morgan fingerprint density at radius 2 is 2.00 bits per heavy atom. The molecule has 0 radical (unpaired) electrons. The number of hydrogen-bond acceptors (Lipinski definition) is 2. The predicted octanol–water partition coefficient (Wildman–Crippen LogP) is 0.595. The van der Waals surface area contributed by atoms with Crippen LogP contribution in [-0.2, 0) is 10.0 Å². The van der Waals surface area contributed by atoms with E-state index in [4.69, 9.17) is 4.11 Å². The summed E-state index contributed by atoms with van der Waals surface area (Å²) < 4.78 is 44.7. The third-order valence-electron chi connectivity index (χ3n) is 1.19. The predicted molar refractivity (Wildman–Crippen MR) is 42.7 cm³/mol. The molecule has 0 aliphatic heterocycles. The molecule has 3 nitrogen and oxygen atoms in total. The van der Waals surface area contributed by atoms with Crippen LogP contribution in [-0.4, -0.2) is 15.4 Å². The molecule has 0 heterocycles. The van der Waals surface area contributed by atoms with Crippen molar-refractivity contribution in [2.45, 2.75) is 4.90 Å². The molecule has 60 valence electrons. The maximum atomic E-state index is 11.4. The van der Waals surface area contributed by atoms with Crippen LogP contribution in [0.15, 0.2) is 35.2 Å². The van der Waals surface area contributed by atoms with Gasteiger partial charge in [-0.1, -0.05) is 18.2 Å². The number of sulfonamides is 1. The molecule has 0 aliphatic rings. The maximum absolute atomic E-state index is 11.4.